The summed E-state index contributed by atoms with van der Waals surface area (Å²) in [6.07, 6.45) is 1.21. The summed E-state index contributed by atoms with van der Waals surface area (Å²) >= 11 is 0. The van der Waals surface area contributed by atoms with Gasteiger partial charge < -0.3 is 51.4 Å². The number of carbonyl (C=O) groups excluding carboxylic acids is 5. The van der Waals surface area contributed by atoms with E-state index < -0.39 is 59.1 Å². The molecule has 18 heteroatoms. The number of rotatable bonds is 13. The zero-order valence-corrected chi connectivity index (χ0v) is 29.9. The van der Waals surface area contributed by atoms with Crippen LogP contribution in [0.1, 0.15) is 57.5 Å². The number of amides is 5. The van der Waals surface area contributed by atoms with Gasteiger partial charge in [0.1, 0.15) is 11.3 Å². The molecular weight excluding hydrogens is 742 g/mol. The number of nitriles is 1. The van der Waals surface area contributed by atoms with Crippen molar-refractivity contribution >= 4 is 58.3 Å². The van der Waals surface area contributed by atoms with Crippen LogP contribution in [0.4, 0.5) is 22.7 Å². The summed E-state index contributed by atoms with van der Waals surface area (Å²) in [5, 5.41) is 51.9. The van der Waals surface area contributed by atoms with Crippen LogP contribution in [0, 0.1) is 11.3 Å². The molecule has 0 aliphatic heterocycles. The smallest absolute Gasteiger partial charge is 0.339 e. The molecule has 18 nitrogen and oxygen atoms in total. The Bertz CT molecular complexity index is 2430. The summed E-state index contributed by atoms with van der Waals surface area (Å²) in [5.41, 5.74) is 0.641. The SMILES string of the molecule is COc1c(NC(=O)c2ccc(NC(=O)c3ccc(NC(=O)CNC(=O)c4ccc(NC(=O)c5ccc(C#N)cc5)cc4)cn3)c(OC)c2O)ccc(C(=O)O)c1O. The minimum absolute atomic E-state index is 0.0324. The molecule has 0 unspecified atom stereocenters. The lowest BCUT2D eigenvalue weighted by Crippen LogP contribution is -2.32. The number of aromatic hydroxyl groups is 2. The fraction of sp³-hybridized carbons (Fsp3) is 0.0769. The third kappa shape index (κ3) is 9.38. The first-order valence-corrected chi connectivity index (χ1v) is 16.4. The predicted molar refractivity (Wildman–Crippen MR) is 203 cm³/mol. The number of pyridine rings is 1. The molecule has 0 radical (unpaired) electrons. The maximum atomic E-state index is 13.1. The highest BCUT2D eigenvalue weighted by Gasteiger charge is 2.24. The molecule has 0 saturated heterocycles. The van der Waals surface area contributed by atoms with Crippen LogP contribution in [0.5, 0.6) is 23.0 Å². The van der Waals surface area contributed by atoms with Gasteiger partial charge in [0.2, 0.25) is 5.91 Å². The second-order valence-electron chi connectivity index (χ2n) is 11.7. The second kappa shape index (κ2) is 17.6. The average Bonchev–Trinajstić information content (AvgIpc) is 3.20. The fourth-order valence-corrected chi connectivity index (χ4v) is 5.16. The van der Waals surface area contributed by atoms with Crippen LogP contribution in [0.15, 0.2) is 91.1 Å². The van der Waals surface area contributed by atoms with Gasteiger partial charge in [-0.15, -0.1) is 0 Å². The maximum Gasteiger partial charge on any atom is 0.339 e. The minimum atomic E-state index is -1.42. The van der Waals surface area contributed by atoms with Crippen molar-refractivity contribution in [3.05, 3.63) is 125 Å². The van der Waals surface area contributed by atoms with E-state index in [1.807, 2.05) is 6.07 Å². The van der Waals surface area contributed by atoms with Crippen molar-refractivity contribution in [3.63, 3.8) is 0 Å². The quantitative estimate of drug-likeness (QED) is 0.0834. The molecule has 8 N–H and O–H groups in total. The van der Waals surface area contributed by atoms with E-state index in [0.29, 0.717) is 16.8 Å². The summed E-state index contributed by atoms with van der Waals surface area (Å²) in [5.74, 6) is -6.57. The number of hydrogen-bond donors (Lipinski definition) is 8. The van der Waals surface area contributed by atoms with E-state index in [1.165, 1.54) is 92.2 Å². The third-order valence-corrected chi connectivity index (χ3v) is 8.01. The summed E-state index contributed by atoms with van der Waals surface area (Å²) in [6.45, 7) is -0.400. The monoisotopic (exact) mass is 773 g/mol. The van der Waals surface area contributed by atoms with E-state index in [1.54, 1.807) is 0 Å². The Balaban J connectivity index is 1.13. The number of aromatic nitrogens is 1. The van der Waals surface area contributed by atoms with E-state index >= 15 is 0 Å². The average molecular weight is 774 g/mol. The molecule has 5 rings (SSSR count). The van der Waals surface area contributed by atoms with Crippen molar-refractivity contribution in [2.45, 2.75) is 0 Å². The molecule has 0 saturated carbocycles. The zero-order chi connectivity index (χ0) is 41.2. The first-order chi connectivity index (χ1) is 27.3. The van der Waals surface area contributed by atoms with Gasteiger partial charge in [0.05, 0.1) is 61.2 Å². The van der Waals surface area contributed by atoms with Crippen molar-refractivity contribution in [2.24, 2.45) is 0 Å². The summed E-state index contributed by atoms with van der Waals surface area (Å²) < 4.78 is 10.3. The Morgan fingerprint density at radius 2 is 1.18 bits per heavy atom. The molecule has 0 spiro atoms. The van der Waals surface area contributed by atoms with Crippen molar-refractivity contribution in [3.8, 4) is 29.1 Å². The molecular formula is C39H31N7O11. The van der Waals surface area contributed by atoms with Crippen LogP contribution in [0.25, 0.3) is 0 Å². The lowest BCUT2D eigenvalue weighted by molar-refractivity contribution is -0.115. The summed E-state index contributed by atoms with van der Waals surface area (Å²) in [7, 11) is 2.35. The van der Waals surface area contributed by atoms with Gasteiger partial charge in [0.25, 0.3) is 23.6 Å². The predicted octanol–water partition coefficient (Wildman–Crippen LogP) is 4.21. The van der Waals surface area contributed by atoms with Gasteiger partial charge >= 0.3 is 5.97 Å². The molecule has 0 aliphatic carbocycles. The molecule has 1 heterocycles. The van der Waals surface area contributed by atoms with E-state index in [9.17, 15) is 44.1 Å². The number of carboxylic acids is 1. The molecule has 0 atom stereocenters. The van der Waals surface area contributed by atoms with Crippen LogP contribution < -0.4 is 36.1 Å². The van der Waals surface area contributed by atoms with Crippen molar-refractivity contribution in [1.29, 1.82) is 5.26 Å². The molecule has 57 heavy (non-hydrogen) atoms. The highest BCUT2D eigenvalue weighted by Crippen LogP contribution is 2.40. The molecule has 5 aromatic rings. The third-order valence-electron chi connectivity index (χ3n) is 8.01. The molecule has 288 valence electrons. The van der Waals surface area contributed by atoms with Crippen LogP contribution in [-0.4, -0.2) is 76.6 Å². The minimum Gasteiger partial charge on any atom is -0.504 e. The van der Waals surface area contributed by atoms with Gasteiger partial charge in [0, 0.05) is 16.8 Å². The van der Waals surface area contributed by atoms with Crippen molar-refractivity contribution in [2.75, 3.05) is 42.0 Å². The van der Waals surface area contributed by atoms with E-state index in [-0.39, 0.29) is 45.4 Å². The number of aromatic carboxylic acids is 1. The number of carboxylic acid groups (broad SMARTS) is 1. The Hall–Kier alpha value is -8.46. The summed E-state index contributed by atoms with van der Waals surface area (Å²) in [4.78, 5) is 79.0. The van der Waals surface area contributed by atoms with Crippen molar-refractivity contribution < 1.29 is 53.6 Å². The largest absolute Gasteiger partial charge is 0.504 e. The molecule has 0 bridgehead atoms. The zero-order valence-electron chi connectivity index (χ0n) is 29.9. The molecule has 1 aromatic heterocycles. The van der Waals surface area contributed by atoms with E-state index in [2.05, 4.69) is 31.6 Å². The molecule has 4 aromatic carbocycles. The number of ether oxygens (including phenoxy) is 2. The van der Waals surface area contributed by atoms with Gasteiger partial charge in [-0.1, -0.05) is 0 Å². The molecule has 0 aliphatic rings. The lowest BCUT2D eigenvalue weighted by Gasteiger charge is -2.16. The second-order valence-corrected chi connectivity index (χ2v) is 11.7. The highest BCUT2D eigenvalue weighted by molar-refractivity contribution is 6.10. The Kier molecular flexibility index (Phi) is 12.3. The number of nitrogens with one attached hydrogen (secondary N) is 5. The van der Waals surface area contributed by atoms with Gasteiger partial charge in [-0.05, 0) is 84.9 Å². The number of nitrogens with zero attached hydrogens (tertiary/aromatic N) is 2. The van der Waals surface area contributed by atoms with Crippen LogP contribution in [0.2, 0.25) is 0 Å². The highest BCUT2D eigenvalue weighted by atomic mass is 16.5. The van der Waals surface area contributed by atoms with Gasteiger partial charge in [-0.25, -0.2) is 9.78 Å². The Labute approximate surface area is 322 Å². The van der Waals surface area contributed by atoms with Gasteiger partial charge in [-0.3, -0.25) is 24.0 Å². The molecule has 0 fully saturated rings. The normalized spacial score (nSPS) is 10.3. The number of carbonyl (C=O) groups is 6. The van der Waals surface area contributed by atoms with Crippen molar-refractivity contribution in [1.82, 2.24) is 10.3 Å². The topological polar surface area (TPSA) is 278 Å². The Morgan fingerprint density at radius 1 is 0.632 bits per heavy atom. The van der Waals surface area contributed by atoms with E-state index in [0.717, 1.165) is 13.2 Å². The van der Waals surface area contributed by atoms with Crippen LogP contribution in [0.3, 0.4) is 0 Å². The van der Waals surface area contributed by atoms with Gasteiger partial charge in [-0.2, -0.15) is 5.26 Å². The Morgan fingerprint density at radius 3 is 1.74 bits per heavy atom. The number of anilines is 4. The number of benzene rings is 4. The van der Waals surface area contributed by atoms with E-state index in [4.69, 9.17) is 14.7 Å². The first kappa shape index (κ1) is 39.7. The number of hydrogen-bond acceptors (Lipinski definition) is 12. The van der Waals surface area contributed by atoms with Crippen LogP contribution in [-0.2, 0) is 4.79 Å². The van der Waals surface area contributed by atoms with Gasteiger partial charge in [0.15, 0.2) is 23.0 Å². The standard InChI is InChI=1S/C39H31N7O11/c1-56-33-28(15-12-25(31(33)48)37(52)45-27-16-13-26(39(54)55)32(49)34(27)57-2)46-38(53)29-14-11-24(18-41-29)43-30(47)19-42-35(50)21-7-9-23(10-8-21)44-36(51)22-5-3-20(17-40)4-6-22/h3-16,18,48-49H,19H2,1-2H3,(H,42,50)(H,43,47)(H,44,51)(H,45,52)(H,46,53)(H,54,55). The number of methoxy groups -OCH3 is 2. The lowest BCUT2D eigenvalue weighted by atomic mass is 10.1. The summed E-state index contributed by atoms with van der Waals surface area (Å²) in [6, 6.07) is 21.4. The first-order valence-electron chi connectivity index (χ1n) is 16.4. The molecule has 5 amide bonds. The fourth-order valence-electron chi connectivity index (χ4n) is 5.16. The van der Waals surface area contributed by atoms with Crippen LogP contribution >= 0.6 is 0 Å². The maximum absolute atomic E-state index is 13.1. The number of phenolic OH excluding ortho intramolecular Hbond substituents is 1. The number of phenols is 2.